The smallest absolute Gasteiger partial charge is 0.215 e. The summed E-state index contributed by atoms with van der Waals surface area (Å²) in [6, 6.07) is 1.81. The molecule has 0 saturated heterocycles. The number of aromatic nitrogens is 2. The van der Waals surface area contributed by atoms with Crippen molar-refractivity contribution in [2.45, 2.75) is 26.8 Å². The number of nitrogens with zero attached hydrogens (tertiary/aromatic N) is 2. The van der Waals surface area contributed by atoms with Crippen molar-refractivity contribution in [2.24, 2.45) is 0 Å². The van der Waals surface area contributed by atoms with Crippen molar-refractivity contribution in [3.8, 4) is 0 Å². The first-order valence-electron chi connectivity index (χ1n) is 5.34. The molecule has 0 unspecified atom stereocenters. The second-order valence-electron chi connectivity index (χ2n) is 4.10. The lowest BCUT2D eigenvalue weighted by atomic mass is 10.1. The van der Waals surface area contributed by atoms with Crippen molar-refractivity contribution in [2.75, 3.05) is 0 Å². The van der Waals surface area contributed by atoms with E-state index in [1.807, 2.05) is 13.8 Å². The quantitative estimate of drug-likeness (QED) is 0.816. The third-order valence-electron chi connectivity index (χ3n) is 2.56. The lowest BCUT2D eigenvalue weighted by Gasteiger charge is -2.10. The Hall–Kier alpha value is -1.36. The van der Waals surface area contributed by atoms with E-state index >= 15 is 0 Å². The lowest BCUT2D eigenvalue weighted by molar-refractivity contribution is 0.102. The fraction of sp³-hybridized carbons (Fsp3) is 0.333. The van der Waals surface area contributed by atoms with E-state index in [4.69, 9.17) is 4.42 Å². The molecule has 0 aliphatic rings. The van der Waals surface area contributed by atoms with Crippen LogP contribution in [-0.4, -0.2) is 15.6 Å². The van der Waals surface area contributed by atoms with Gasteiger partial charge in [0.05, 0.1) is 22.5 Å². The summed E-state index contributed by atoms with van der Waals surface area (Å²) in [6.07, 6.45) is 3.16. The zero-order chi connectivity index (χ0) is 12.6. The molecule has 0 saturated carbocycles. The van der Waals surface area contributed by atoms with Gasteiger partial charge in [0.15, 0.2) is 0 Å². The highest BCUT2D eigenvalue weighted by Crippen LogP contribution is 2.24. The maximum Gasteiger partial charge on any atom is 0.215 e. The molecule has 0 amide bonds. The Kier molecular flexibility index (Phi) is 3.19. The molecule has 0 spiro atoms. The van der Waals surface area contributed by atoms with E-state index in [1.165, 1.54) is 6.26 Å². The predicted octanol–water partition coefficient (Wildman–Crippen LogP) is 3.36. The van der Waals surface area contributed by atoms with Crippen LogP contribution >= 0.6 is 15.9 Å². The third kappa shape index (κ3) is 2.07. The van der Waals surface area contributed by atoms with Gasteiger partial charge in [-0.05, 0) is 42.8 Å². The SMILES string of the molecule is Cc1occc1C(=O)c1c(Br)cnn1C(C)C. The van der Waals surface area contributed by atoms with Crippen LogP contribution in [0.5, 0.6) is 0 Å². The summed E-state index contributed by atoms with van der Waals surface area (Å²) >= 11 is 3.36. The van der Waals surface area contributed by atoms with Crippen LogP contribution in [0, 0.1) is 6.92 Å². The van der Waals surface area contributed by atoms with Crippen LogP contribution < -0.4 is 0 Å². The number of aryl methyl sites for hydroxylation is 1. The van der Waals surface area contributed by atoms with Crippen LogP contribution in [0.25, 0.3) is 0 Å². The molecular weight excluding hydrogens is 284 g/mol. The second kappa shape index (κ2) is 4.49. The zero-order valence-electron chi connectivity index (χ0n) is 9.90. The van der Waals surface area contributed by atoms with Gasteiger partial charge in [0.2, 0.25) is 5.78 Å². The number of rotatable bonds is 3. The molecule has 2 aromatic rings. The highest BCUT2D eigenvalue weighted by molar-refractivity contribution is 9.10. The molecule has 2 aromatic heterocycles. The van der Waals surface area contributed by atoms with E-state index < -0.39 is 0 Å². The predicted molar refractivity (Wildman–Crippen MR) is 67.2 cm³/mol. The maximum atomic E-state index is 12.4. The monoisotopic (exact) mass is 296 g/mol. The average Bonchev–Trinajstić information content (AvgIpc) is 2.83. The summed E-state index contributed by atoms with van der Waals surface area (Å²) < 4.78 is 7.57. The molecule has 2 heterocycles. The fourth-order valence-corrected chi connectivity index (χ4v) is 2.15. The number of hydrogen-bond donors (Lipinski definition) is 0. The first-order valence-corrected chi connectivity index (χ1v) is 6.13. The van der Waals surface area contributed by atoms with Gasteiger partial charge in [-0.15, -0.1) is 0 Å². The Labute approximate surface area is 108 Å². The molecule has 0 aliphatic carbocycles. The summed E-state index contributed by atoms with van der Waals surface area (Å²) in [4.78, 5) is 12.4. The van der Waals surface area contributed by atoms with Gasteiger partial charge in [-0.3, -0.25) is 9.48 Å². The number of ketones is 1. The molecule has 0 aliphatic heterocycles. The molecule has 0 atom stereocenters. The van der Waals surface area contributed by atoms with Gasteiger partial charge in [-0.25, -0.2) is 0 Å². The lowest BCUT2D eigenvalue weighted by Crippen LogP contribution is -2.14. The first-order chi connectivity index (χ1) is 8.02. The highest BCUT2D eigenvalue weighted by Gasteiger charge is 2.22. The molecule has 2 rings (SSSR count). The Balaban J connectivity index is 2.51. The molecule has 0 radical (unpaired) electrons. The largest absolute Gasteiger partial charge is 0.469 e. The Morgan fingerprint density at radius 3 is 2.76 bits per heavy atom. The molecular formula is C12H13BrN2O2. The number of carbonyl (C=O) groups is 1. The molecule has 17 heavy (non-hydrogen) atoms. The van der Waals surface area contributed by atoms with E-state index in [1.54, 1.807) is 23.9 Å². The van der Waals surface area contributed by atoms with Crippen LogP contribution in [-0.2, 0) is 0 Å². The van der Waals surface area contributed by atoms with Gasteiger partial charge in [-0.2, -0.15) is 5.10 Å². The minimum atomic E-state index is -0.0747. The van der Waals surface area contributed by atoms with E-state index in [0.29, 0.717) is 21.5 Å². The zero-order valence-corrected chi connectivity index (χ0v) is 11.5. The van der Waals surface area contributed by atoms with Crippen LogP contribution in [0.1, 0.15) is 41.7 Å². The van der Waals surface area contributed by atoms with Crippen LogP contribution in [0.4, 0.5) is 0 Å². The van der Waals surface area contributed by atoms with Crippen LogP contribution in [0.3, 0.4) is 0 Å². The normalized spacial score (nSPS) is 11.1. The summed E-state index contributed by atoms with van der Waals surface area (Å²) in [6.45, 7) is 5.74. The number of hydrogen-bond acceptors (Lipinski definition) is 3. The number of carbonyl (C=O) groups excluding carboxylic acids is 1. The van der Waals surface area contributed by atoms with E-state index in [-0.39, 0.29) is 11.8 Å². The minimum Gasteiger partial charge on any atom is -0.469 e. The Bertz CT molecular complexity index is 555. The van der Waals surface area contributed by atoms with Crippen molar-refractivity contribution in [3.05, 3.63) is 40.0 Å². The van der Waals surface area contributed by atoms with Gasteiger partial charge in [-0.1, -0.05) is 0 Å². The fourth-order valence-electron chi connectivity index (χ4n) is 1.69. The molecule has 0 aromatic carbocycles. The van der Waals surface area contributed by atoms with Crippen molar-refractivity contribution < 1.29 is 9.21 Å². The van der Waals surface area contributed by atoms with E-state index in [0.717, 1.165) is 0 Å². The average molecular weight is 297 g/mol. The summed E-state index contributed by atoms with van der Waals surface area (Å²) in [5.74, 6) is 0.549. The summed E-state index contributed by atoms with van der Waals surface area (Å²) in [5, 5.41) is 4.19. The Morgan fingerprint density at radius 1 is 1.53 bits per heavy atom. The molecule has 5 heteroatoms. The maximum absolute atomic E-state index is 12.4. The number of furan rings is 1. The van der Waals surface area contributed by atoms with Gasteiger partial charge >= 0.3 is 0 Å². The topological polar surface area (TPSA) is 48.0 Å². The number of halogens is 1. The van der Waals surface area contributed by atoms with Crippen molar-refractivity contribution in [1.29, 1.82) is 0 Å². The van der Waals surface area contributed by atoms with Crippen molar-refractivity contribution in [3.63, 3.8) is 0 Å². The van der Waals surface area contributed by atoms with Gasteiger partial charge < -0.3 is 4.42 Å². The summed E-state index contributed by atoms with van der Waals surface area (Å²) in [5.41, 5.74) is 1.14. The van der Waals surface area contributed by atoms with Crippen LogP contribution in [0.15, 0.2) is 27.4 Å². The van der Waals surface area contributed by atoms with Crippen LogP contribution in [0.2, 0.25) is 0 Å². The Morgan fingerprint density at radius 2 is 2.24 bits per heavy atom. The molecule has 0 bridgehead atoms. The van der Waals surface area contributed by atoms with Gasteiger partial charge in [0.1, 0.15) is 11.5 Å². The van der Waals surface area contributed by atoms with Crippen molar-refractivity contribution >= 4 is 21.7 Å². The van der Waals surface area contributed by atoms with Gasteiger partial charge in [0, 0.05) is 6.04 Å². The van der Waals surface area contributed by atoms with Crippen molar-refractivity contribution in [1.82, 2.24) is 9.78 Å². The van der Waals surface area contributed by atoms with E-state index in [2.05, 4.69) is 21.0 Å². The molecule has 90 valence electrons. The van der Waals surface area contributed by atoms with Gasteiger partial charge in [0.25, 0.3) is 0 Å². The minimum absolute atomic E-state index is 0.0747. The first kappa shape index (κ1) is 12.1. The molecule has 4 nitrogen and oxygen atoms in total. The molecule has 0 fully saturated rings. The highest BCUT2D eigenvalue weighted by atomic mass is 79.9. The third-order valence-corrected chi connectivity index (χ3v) is 3.14. The van der Waals surface area contributed by atoms with E-state index in [9.17, 15) is 4.79 Å². The second-order valence-corrected chi connectivity index (χ2v) is 4.95. The summed E-state index contributed by atoms with van der Waals surface area (Å²) in [7, 11) is 0. The molecule has 0 N–H and O–H groups in total. The standard InChI is InChI=1S/C12H13BrN2O2/c1-7(2)15-11(10(13)6-14-15)12(16)9-4-5-17-8(9)3/h4-7H,1-3H3.